The number of fused-ring (bicyclic) bond motifs is 1. The molecule has 0 aromatic heterocycles. The molecule has 0 bridgehead atoms. The largest absolute Gasteiger partial charge is 1.00 e. The van der Waals surface area contributed by atoms with Crippen molar-refractivity contribution in [3.63, 3.8) is 0 Å². The number of amides is 1. The first-order chi connectivity index (χ1) is 16.7. The first-order valence-electron chi connectivity index (χ1n) is 10.9. The summed E-state index contributed by atoms with van der Waals surface area (Å²) < 4.78 is 37.6. The van der Waals surface area contributed by atoms with E-state index in [2.05, 4.69) is 0 Å². The molecular formula is C26H22F2NNaO6. The summed E-state index contributed by atoms with van der Waals surface area (Å²) in [4.78, 5) is 24.9. The predicted octanol–water partition coefficient (Wildman–Crippen LogP) is 0.292. The minimum absolute atomic E-state index is 0. The van der Waals surface area contributed by atoms with Crippen molar-refractivity contribution < 1.29 is 67.6 Å². The molecule has 1 N–H and O–H groups in total. The van der Waals surface area contributed by atoms with Gasteiger partial charge in [-0.1, -0.05) is 12.1 Å². The van der Waals surface area contributed by atoms with Gasteiger partial charge in [0.2, 0.25) is 0 Å². The van der Waals surface area contributed by atoms with Crippen LogP contribution in [0.2, 0.25) is 0 Å². The van der Waals surface area contributed by atoms with Crippen molar-refractivity contribution in [3.8, 4) is 5.75 Å². The van der Waals surface area contributed by atoms with Crippen LogP contribution in [0.5, 0.6) is 5.75 Å². The number of nitrogens with zero attached hydrogens (tertiary/aromatic N) is 1. The predicted molar refractivity (Wildman–Crippen MR) is 120 cm³/mol. The van der Waals surface area contributed by atoms with Gasteiger partial charge in [0.25, 0.3) is 0 Å². The van der Waals surface area contributed by atoms with Crippen LogP contribution in [0.1, 0.15) is 17.5 Å². The van der Waals surface area contributed by atoms with Gasteiger partial charge in [-0.25, -0.2) is 18.5 Å². The number of carbonyl (C=O) groups is 2. The second kappa shape index (κ2) is 11.8. The SMILES string of the molecule is O=C([O-])COc1cccc2c1CC[C@](O)(COC(=O)N(c1ccc(F)cc1)c1ccc(F)cc1)C2.[Na+]. The number of rotatable bonds is 7. The Morgan fingerprint density at radius 2 is 1.56 bits per heavy atom. The van der Waals surface area contributed by atoms with E-state index in [4.69, 9.17) is 9.47 Å². The number of carbonyl (C=O) groups excluding carboxylic acids is 2. The molecule has 0 radical (unpaired) electrons. The smallest absolute Gasteiger partial charge is 0.546 e. The number of benzene rings is 3. The first-order valence-corrected chi connectivity index (χ1v) is 10.9. The molecule has 0 fully saturated rings. The van der Waals surface area contributed by atoms with Gasteiger partial charge in [0.05, 0.1) is 17.3 Å². The van der Waals surface area contributed by atoms with Crippen LogP contribution in [-0.2, 0) is 22.4 Å². The first kappa shape index (κ1) is 27.6. The average molecular weight is 505 g/mol. The molecule has 0 saturated carbocycles. The summed E-state index contributed by atoms with van der Waals surface area (Å²) in [5, 5.41) is 21.9. The number of carboxylic acid groups (broad SMARTS) is 1. The summed E-state index contributed by atoms with van der Waals surface area (Å²) in [6.07, 6.45) is -0.0442. The van der Waals surface area contributed by atoms with Crippen molar-refractivity contribution in [3.05, 3.63) is 89.5 Å². The van der Waals surface area contributed by atoms with E-state index in [0.717, 1.165) is 16.0 Å². The summed E-state index contributed by atoms with van der Waals surface area (Å²) in [5.74, 6) is -1.91. The molecule has 182 valence electrons. The maximum absolute atomic E-state index is 13.4. The third kappa shape index (κ3) is 6.61. The molecular weight excluding hydrogens is 483 g/mol. The average Bonchev–Trinajstić information content (AvgIpc) is 2.84. The Morgan fingerprint density at radius 3 is 2.11 bits per heavy atom. The molecule has 0 spiro atoms. The summed E-state index contributed by atoms with van der Waals surface area (Å²) in [6, 6.07) is 15.4. The number of ether oxygens (including phenoxy) is 2. The maximum atomic E-state index is 13.4. The number of halogens is 2. The second-order valence-corrected chi connectivity index (χ2v) is 8.30. The Bertz CT molecular complexity index is 1180. The number of anilines is 2. The van der Waals surface area contributed by atoms with Gasteiger partial charge in [0.15, 0.2) is 0 Å². The van der Waals surface area contributed by atoms with E-state index < -0.39 is 35.9 Å². The maximum Gasteiger partial charge on any atom is 1.00 e. The van der Waals surface area contributed by atoms with E-state index >= 15 is 0 Å². The zero-order valence-electron chi connectivity index (χ0n) is 19.6. The van der Waals surface area contributed by atoms with Gasteiger partial charge in [-0.15, -0.1) is 0 Å². The number of aliphatic hydroxyl groups is 1. The molecule has 3 aromatic rings. The summed E-state index contributed by atoms with van der Waals surface area (Å²) in [7, 11) is 0. The van der Waals surface area contributed by atoms with Gasteiger partial charge >= 0.3 is 35.7 Å². The Hall–Kier alpha value is -2.98. The normalized spacial score (nSPS) is 16.3. The van der Waals surface area contributed by atoms with Crippen LogP contribution >= 0.6 is 0 Å². The van der Waals surface area contributed by atoms with Crippen LogP contribution in [0.25, 0.3) is 0 Å². The number of aliphatic carboxylic acids is 1. The van der Waals surface area contributed by atoms with Crippen LogP contribution in [0.15, 0.2) is 66.7 Å². The fourth-order valence-corrected chi connectivity index (χ4v) is 4.06. The minimum atomic E-state index is -1.37. The molecule has 36 heavy (non-hydrogen) atoms. The second-order valence-electron chi connectivity index (χ2n) is 8.30. The fraction of sp³-hybridized carbons (Fsp3) is 0.231. The van der Waals surface area contributed by atoms with E-state index in [1.165, 1.54) is 48.5 Å². The van der Waals surface area contributed by atoms with Crippen LogP contribution in [0.3, 0.4) is 0 Å². The van der Waals surface area contributed by atoms with Gasteiger partial charge < -0.3 is 24.5 Å². The Balaban J connectivity index is 0.00000361. The Kier molecular flexibility index (Phi) is 9.08. The van der Waals surface area contributed by atoms with Crippen molar-refractivity contribution in [1.29, 1.82) is 0 Å². The molecule has 10 heteroatoms. The van der Waals surface area contributed by atoms with Gasteiger partial charge in [-0.05, 0) is 78.6 Å². The molecule has 0 heterocycles. The third-order valence-corrected chi connectivity index (χ3v) is 5.75. The van der Waals surface area contributed by atoms with E-state index in [1.54, 1.807) is 18.2 Å². The van der Waals surface area contributed by atoms with Crippen LogP contribution in [0, 0.1) is 11.6 Å². The van der Waals surface area contributed by atoms with Crippen molar-refractivity contribution in [2.75, 3.05) is 18.1 Å². The van der Waals surface area contributed by atoms with Crippen LogP contribution in [0.4, 0.5) is 25.0 Å². The number of hydrogen-bond acceptors (Lipinski definition) is 6. The van der Waals surface area contributed by atoms with E-state index in [0.29, 0.717) is 23.5 Å². The van der Waals surface area contributed by atoms with Crippen molar-refractivity contribution in [2.45, 2.75) is 24.9 Å². The zero-order valence-corrected chi connectivity index (χ0v) is 21.6. The molecule has 1 aliphatic rings. The minimum Gasteiger partial charge on any atom is -0.546 e. The Labute approximate surface area is 228 Å². The molecule has 3 aromatic carbocycles. The molecule has 1 aliphatic carbocycles. The van der Waals surface area contributed by atoms with E-state index in [-0.39, 0.29) is 49.0 Å². The molecule has 7 nitrogen and oxygen atoms in total. The van der Waals surface area contributed by atoms with E-state index in [9.17, 15) is 28.6 Å². The standard InChI is InChI=1S/C26H23F2NO6.Na/c27-18-4-8-20(9-5-18)29(21-10-6-19(28)7-11-21)25(32)35-16-26(33)13-12-22-17(14-26)2-1-3-23(22)34-15-24(30)31;/h1-11,33H,12-16H2,(H,30,31);/q;+1/p-1/t26-;/m1./s1. The van der Waals surface area contributed by atoms with Crippen molar-refractivity contribution in [1.82, 2.24) is 0 Å². The van der Waals surface area contributed by atoms with Gasteiger partial charge in [0, 0.05) is 6.42 Å². The zero-order chi connectivity index (χ0) is 25.0. The fourth-order valence-electron chi connectivity index (χ4n) is 4.06. The number of hydrogen-bond donors (Lipinski definition) is 1. The molecule has 0 aliphatic heterocycles. The van der Waals surface area contributed by atoms with Crippen molar-refractivity contribution in [2.24, 2.45) is 0 Å². The molecule has 0 saturated heterocycles. The molecule has 1 atom stereocenters. The van der Waals surface area contributed by atoms with Gasteiger partial charge in [-0.2, -0.15) is 0 Å². The van der Waals surface area contributed by atoms with Gasteiger partial charge in [-0.3, -0.25) is 0 Å². The summed E-state index contributed by atoms with van der Waals surface area (Å²) in [6.45, 7) is -0.908. The van der Waals surface area contributed by atoms with Gasteiger partial charge in [0.1, 0.15) is 36.2 Å². The van der Waals surface area contributed by atoms with Crippen LogP contribution < -0.4 is 44.3 Å². The molecule has 0 unspecified atom stereocenters. The summed E-state index contributed by atoms with van der Waals surface area (Å²) >= 11 is 0. The third-order valence-electron chi connectivity index (χ3n) is 5.75. The van der Waals surface area contributed by atoms with Crippen molar-refractivity contribution >= 4 is 23.4 Å². The van der Waals surface area contributed by atoms with Crippen LogP contribution in [-0.4, -0.2) is 36.0 Å². The number of carboxylic acids is 1. The molecule has 4 rings (SSSR count). The quantitative estimate of drug-likeness (QED) is 0.464. The molecule has 1 amide bonds. The topological polar surface area (TPSA) is 99.1 Å². The summed E-state index contributed by atoms with van der Waals surface area (Å²) in [5.41, 5.74) is 0.772. The monoisotopic (exact) mass is 505 g/mol. The Morgan fingerprint density at radius 1 is 0.972 bits per heavy atom. The van der Waals surface area contributed by atoms with E-state index in [1.807, 2.05) is 0 Å².